The van der Waals surface area contributed by atoms with Crippen LogP contribution in [0, 0.1) is 0 Å². The van der Waals surface area contributed by atoms with Gasteiger partial charge in [0.25, 0.3) is 0 Å². The monoisotopic (exact) mass is 1560 g/mol. The first-order chi connectivity index (χ1) is 45.4. The number of unbranched alkanes of at least 4 members (excludes halogenated alkanes) is 2. The summed E-state index contributed by atoms with van der Waals surface area (Å²) in [6, 6.07) is -1.49. The molecule has 5 fully saturated rings. The average Bonchev–Trinajstić information content (AvgIpc) is 0.744. The molecule has 5 rings (SSSR count). The van der Waals surface area contributed by atoms with Crippen molar-refractivity contribution in [3.8, 4) is 0 Å². The van der Waals surface area contributed by atoms with Crippen molar-refractivity contribution >= 4 is 74.3 Å². The number of rotatable bonds is 40. The van der Waals surface area contributed by atoms with Crippen LogP contribution in [0.2, 0.25) is 0 Å². The fourth-order valence-electron chi connectivity index (χ4n) is 10.9. The van der Waals surface area contributed by atoms with Crippen LogP contribution in [0.5, 0.6) is 0 Å². The number of nitrogens with two attached hydrogens (primary N) is 1. The smallest absolute Gasteiger partial charge is 0.397 e. The summed E-state index contributed by atoms with van der Waals surface area (Å²) in [6.45, 7) is 0.935. The van der Waals surface area contributed by atoms with Gasteiger partial charge in [0.05, 0.1) is 38.6 Å². The molecule has 5 aliphatic heterocycles. The maximum Gasteiger partial charge on any atom is 0.397 e. The molecule has 0 radical (unpaired) electrons. The Morgan fingerprint density at radius 2 is 1.00 bits per heavy atom. The second kappa shape index (κ2) is 36.4. The quantitative estimate of drug-likeness (QED) is 0.0203. The molecule has 11 N–H and O–H groups in total. The molecule has 5 heterocycles. The number of methoxy groups -OCH3 is 4. The lowest BCUT2D eigenvalue weighted by Crippen LogP contribution is -2.73. The van der Waals surface area contributed by atoms with Gasteiger partial charge in [0, 0.05) is 41.7 Å². The number of aliphatic carboxylic acids is 2. The fraction of sp³-hybridized carbons (Fsp3) is 0.957. The number of aliphatic hydroxyl groups excluding tert-OH is 1. The highest BCUT2D eigenvalue weighted by Crippen LogP contribution is 2.43. The zero-order valence-electron chi connectivity index (χ0n) is 52.9. The minimum atomic E-state index is -6.11. The van der Waals surface area contributed by atoms with Crippen molar-refractivity contribution in [1.82, 2.24) is 0 Å². The van der Waals surface area contributed by atoms with Crippen LogP contribution < -0.4 is 5.73 Å². The number of carbonyl (C=O) groups is 2. The molecule has 98 heavy (non-hydrogen) atoms. The number of hydrogen-bond donors (Lipinski definition) is 10. The largest absolute Gasteiger partial charge is 0.479 e. The highest BCUT2D eigenvalue weighted by molar-refractivity contribution is 7.82. The van der Waals surface area contributed by atoms with E-state index in [4.69, 9.17) is 89.9 Å². The Bertz CT molecular complexity index is 3260. The van der Waals surface area contributed by atoms with Crippen LogP contribution in [0.4, 0.5) is 0 Å². The maximum absolute atomic E-state index is 13.9. The minimum Gasteiger partial charge on any atom is -0.479 e. The van der Waals surface area contributed by atoms with Crippen LogP contribution in [-0.4, -0.2) is 326 Å². The van der Waals surface area contributed by atoms with E-state index in [9.17, 15) is 103 Å². The summed E-state index contributed by atoms with van der Waals surface area (Å²) in [5.74, 6) is -3.73. The van der Waals surface area contributed by atoms with Crippen LogP contribution in [-0.2, 0) is 173 Å². The molecule has 52 heteroatoms. The average molecular weight is 1560 g/mol. The van der Waals surface area contributed by atoms with Gasteiger partial charge in [-0.25, -0.2) is 34.7 Å². The zero-order chi connectivity index (χ0) is 73.8. The SMILES string of the molecule is CCCCOC1C(COS(=O)(=O)O)OC(OC2C(OC)C(OC)C(OC3C(COS(=O)(=O)O)OC(OC(C)C(OC)[C@H]4OCC(C(=O)O)OC4OC4C(COS(=O)(=O)O)OC(OC)C(OS(=O)(=O)O)C4O)C(OS(=O)(=O)O)C3OS(=O)(=O)O)OC2(CC)C(=O)O)C(N)C1OCCCC. The molecular weight excluding hydrogens is 1480 g/mol. The molecule has 0 bridgehead atoms. The summed E-state index contributed by atoms with van der Waals surface area (Å²) >= 11 is 0. The van der Waals surface area contributed by atoms with E-state index in [1.165, 1.54) is 6.92 Å². The molecule has 25 atom stereocenters. The van der Waals surface area contributed by atoms with Gasteiger partial charge in [-0.1, -0.05) is 33.6 Å². The highest BCUT2D eigenvalue weighted by atomic mass is 32.3. The predicted molar refractivity (Wildman–Crippen MR) is 307 cm³/mol. The molecule has 24 unspecified atom stereocenters. The van der Waals surface area contributed by atoms with Gasteiger partial charge in [0.15, 0.2) is 55.4 Å². The first-order valence-corrected chi connectivity index (χ1v) is 37.2. The van der Waals surface area contributed by atoms with Crippen LogP contribution in [0.25, 0.3) is 0 Å². The topological polar surface area (TPSA) is 650 Å². The Morgan fingerprint density at radius 3 is 1.46 bits per heavy atom. The summed E-state index contributed by atoms with van der Waals surface area (Å²) in [7, 11) is -30.4. The van der Waals surface area contributed by atoms with E-state index in [-0.39, 0.29) is 13.2 Å². The zero-order valence-corrected chi connectivity index (χ0v) is 57.8. The van der Waals surface area contributed by atoms with E-state index in [1.54, 1.807) is 0 Å². The van der Waals surface area contributed by atoms with Crippen LogP contribution >= 0.6 is 0 Å². The van der Waals surface area contributed by atoms with Gasteiger partial charge < -0.3 is 96.8 Å². The Morgan fingerprint density at radius 1 is 0.531 bits per heavy atom. The molecule has 5 saturated heterocycles. The molecule has 5 aliphatic rings. The van der Waals surface area contributed by atoms with Gasteiger partial charge in [-0.2, -0.15) is 50.5 Å². The van der Waals surface area contributed by atoms with E-state index in [0.29, 0.717) is 25.7 Å². The molecule has 0 aromatic carbocycles. The third-order valence-electron chi connectivity index (χ3n) is 15.3. The summed E-state index contributed by atoms with van der Waals surface area (Å²) < 4.78 is 328. The van der Waals surface area contributed by atoms with Crippen molar-refractivity contribution in [2.75, 3.05) is 68.1 Å². The highest BCUT2D eigenvalue weighted by Gasteiger charge is 2.65. The third kappa shape index (κ3) is 24.3. The lowest BCUT2D eigenvalue weighted by atomic mass is 9.83. The summed E-state index contributed by atoms with van der Waals surface area (Å²) in [5, 5.41) is 32.8. The van der Waals surface area contributed by atoms with E-state index in [2.05, 4.69) is 16.7 Å². The second-order valence-corrected chi connectivity index (χ2v) is 28.2. The van der Waals surface area contributed by atoms with Crippen molar-refractivity contribution < 1.29 is 204 Å². The Balaban J connectivity index is 1.61. The van der Waals surface area contributed by atoms with Crippen LogP contribution in [0.15, 0.2) is 0 Å². The number of aliphatic hydroxyl groups is 1. The standard InChI is InChI=1S/C46H81NO45S6/c1-9-12-14-75-29-22(18-79-94(56,57)58)82-40(25(47)31(29)76-15-13-10-2)88-38-34(72-6)35(73-7)44(89-46(38,11-3)45(51)52)87-30-23(19-80-95(59,60)61)84-43(37(92-98(68,69)70)33(30)91-97(65,66)67)81-20(4)27(71-5)36-42(85-24(16-77-36)39(49)50)86-28-21(17-78-93(53,54)55)83-41(74-8)32(26(28)48)90-96(62,63)64/h20-38,40-44,48H,9-19,47H2,1-8H3,(H,49,50)(H,51,52)(H,53,54,55)(H,56,57,58)(H,59,60,61)(H,62,63,64)(H,65,66,67)(H,68,69,70)/t20?,21?,22?,23?,24?,25?,26?,27?,28?,29?,30?,31?,32?,33?,34?,35?,36-,37?,38?,40?,41?,42?,43?,44?,46?/m1/s1. The van der Waals surface area contributed by atoms with Crippen LogP contribution in [0.1, 0.15) is 59.8 Å². The molecule has 0 amide bonds. The molecule has 0 aromatic rings. The Kier molecular flexibility index (Phi) is 32.0. The van der Waals surface area contributed by atoms with Crippen molar-refractivity contribution in [1.29, 1.82) is 0 Å². The van der Waals surface area contributed by atoms with E-state index in [0.717, 1.165) is 35.4 Å². The number of ether oxygens (including phenoxy) is 16. The number of carboxylic acid groups (broad SMARTS) is 2. The van der Waals surface area contributed by atoms with Gasteiger partial charge in [-0.3, -0.25) is 27.3 Å². The van der Waals surface area contributed by atoms with Crippen molar-refractivity contribution in [3.63, 3.8) is 0 Å². The Hall–Kier alpha value is -2.56. The predicted octanol–water partition coefficient (Wildman–Crippen LogP) is -4.72. The van der Waals surface area contributed by atoms with Crippen molar-refractivity contribution in [2.24, 2.45) is 5.73 Å². The van der Waals surface area contributed by atoms with Gasteiger partial charge in [-0.05, 0) is 26.2 Å². The number of hydrogen-bond acceptors (Lipinski definition) is 38. The summed E-state index contributed by atoms with van der Waals surface area (Å²) in [4.78, 5) is 26.3. The Labute approximate surface area is 562 Å². The lowest BCUT2D eigenvalue weighted by molar-refractivity contribution is -0.391. The van der Waals surface area contributed by atoms with E-state index in [1.807, 2.05) is 13.8 Å². The minimum absolute atomic E-state index is 0.0123. The molecule has 576 valence electrons. The molecule has 46 nitrogen and oxygen atoms in total. The third-order valence-corrected chi connectivity index (χ3v) is 18.0. The fourth-order valence-corrected chi connectivity index (χ4v) is 13.3. The van der Waals surface area contributed by atoms with Gasteiger partial charge in [-0.15, -0.1) is 0 Å². The second-order valence-electron chi connectivity index (χ2n) is 21.8. The molecule has 0 spiro atoms. The van der Waals surface area contributed by atoms with Crippen molar-refractivity contribution in [2.45, 2.75) is 213 Å². The molecule has 0 aliphatic carbocycles. The first kappa shape index (κ1) is 86.1. The lowest BCUT2D eigenvalue weighted by Gasteiger charge is -2.53. The number of carboxylic acids is 2. The maximum atomic E-state index is 13.9. The normalized spacial score (nSPS) is 36.3. The summed E-state index contributed by atoms with van der Waals surface area (Å²) in [6.07, 6.45) is -48.7. The van der Waals surface area contributed by atoms with E-state index < -0.39 is 260 Å². The van der Waals surface area contributed by atoms with Crippen molar-refractivity contribution in [3.05, 3.63) is 0 Å². The van der Waals surface area contributed by atoms with E-state index >= 15 is 0 Å². The van der Waals surface area contributed by atoms with Gasteiger partial charge in [0.1, 0.15) is 85.5 Å². The first-order valence-electron chi connectivity index (χ1n) is 29.0. The molecule has 0 saturated carbocycles. The summed E-state index contributed by atoms with van der Waals surface area (Å²) in [5.41, 5.74) is 3.89. The molecule has 0 aromatic heterocycles. The molecular formula is C46H81NO45S6. The van der Waals surface area contributed by atoms with Gasteiger partial charge >= 0.3 is 74.3 Å². The van der Waals surface area contributed by atoms with Crippen LogP contribution in [0.3, 0.4) is 0 Å². The van der Waals surface area contributed by atoms with Gasteiger partial charge in [0.2, 0.25) is 0 Å².